The highest BCUT2D eigenvalue weighted by Gasteiger charge is 2.21. The van der Waals surface area contributed by atoms with E-state index in [1.54, 1.807) is 6.07 Å². The summed E-state index contributed by atoms with van der Waals surface area (Å²) in [4.78, 5) is 3.30. The molecule has 3 rings (SSSR count). The smallest absolute Gasteiger partial charge is 0.125 e. The molecule has 1 aliphatic rings. The summed E-state index contributed by atoms with van der Waals surface area (Å²) in [5.74, 6) is -0.202. The Balaban J connectivity index is 2.14. The lowest BCUT2D eigenvalue weighted by Crippen LogP contribution is -2.13. The van der Waals surface area contributed by atoms with Crippen LogP contribution in [0.25, 0.3) is 10.9 Å². The van der Waals surface area contributed by atoms with Gasteiger partial charge in [-0.3, -0.25) is 0 Å². The van der Waals surface area contributed by atoms with Gasteiger partial charge in [0, 0.05) is 27.1 Å². The van der Waals surface area contributed by atoms with E-state index in [1.165, 1.54) is 12.5 Å². The normalized spacial score (nSPS) is 20.8. The van der Waals surface area contributed by atoms with Crippen LogP contribution in [0.4, 0.5) is 4.39 Å². The highest BCUT2D eigenvalue weighted by Crippen LogP contribution is 2.34. The molecular weight excluding hydrogens is 271 g/mol. The number of aromatic amines is 1. The lowest BCUT2D eigenvalue weighted by Gasteiger charge is -2.08. The molecule has 2 heterocycles. The number of nitrogens with one attached hydrogen (secondary N) is 2. The second kappa shape index (κ2) is 3.86. The van der Waals surface area contributed by atoms with Crippen molar-refractivity contribution in [2.24, 2.45) is 0 Å². The monoisotopic (exact) mass is 282 g/mol. The third kappa shape index (κ3) is 1.57. The summed E-state index contributed by atoms with van der Waals surface area (Å²) in [6.07, 6.45) is 2.33. The summed E-state index contributed by atoms with van der Waals surface area (Å²) in [6.45, 7) is 1.06. The zero-order chi connectivity index (χ0) is 11.1. The number of H-pyrrole nitrogens is 1. The molecule has 0 saturated carbocycles. The van der Waals surface area contributed by atoms with Crippen LogP contribution in [-0.4, -0.2) is 11.5 Å². The molecule has 1 saturated heterocycles. The fraction of sp³-hybridized carbons (Fsp3) is 0.333. The lowest BCUT2D eigenvalue weighted by molar-refractivity contribution is 0.626. The molecular formula is C12H12BrFN2. The maximum atomic E-state index is 13.1. The number of halogens is 2. The molecule has 1 atom stereocenters. The van der Waals surface area contributed by atoms with E-state index in [2.05, 4.69) is 26.2 Å². The van der Waals surface area contributed by atoms with Crippen molar-refractivity contribution >= 4 is 26.8 Å². The second-order valence-electron chi connectivity index (χ2n) is 4.19. The molecule has 0 bridgehead atoms. The Morgan fingerprint density at radius 1 is 1.38 bits per heavy atom. The van der Waals surface area contributed by atoms with Crippen LogP contribution in [0.1, 0.15) is 24.6 Å². The highest BCUT2D eigenvalue weighted by molar-refractivity contribution is 9.10. The predicted octanol–water partition coefficient (Wildman–Crippen LogP) is 3.49. The Labute approximate surface area is 101 Å². The van der Waals surface area contributed by atoms with E-state index < -0.39 is 0 Å². The van der Waals surface area contributed by atoms with E-state index in [0.717, 1.165) is 34.0 Å². The summed E-state index contributed by atoms with van der Waals surface area (Å²) in [6, 6.07) is 5.21. The van der Waals surface area contributed by atoms with Crippen molar-refractivity contribution in [3.05, 3.63) is 34.2 Å². The summed E-state index contributed by atoms with van der Waals surface area (Å²) < 4.78 is 14.2. The zero-order valence-electron chi connectivity index (χ0n) is 8.69. The predicted molar refractivity (Wildman–Crippen MR) is 65.9 cm³/mol. The van der Waals surface area contributed by atoms with Crippen molar-refractivity contribution in [3.8, 4) is 0 Å². The molecule has 0 amide bonds. The topological polar surface area (TPSA) is 27.8 Å². The van der Waals surface area contributed by atoms with E-state index in [0.29, 0.717) is 6.04 Å². The molecule has 1 aliphatic heterocycles. The Morgan fingerprint density at radius 2 is 2.25 bits per heavy atom. The summed E-state index contributed by atoms with van der Waals surface area (Å²) in [5, 5.41) is 4.48. The Kier molecular flexibility index (Phi) is 2.48. The van der Waals surface area contributed by atoms with Crippen molar-refractivity contribution in [1.82, 2.24) is 10.3 Å². The molecule has 2 aromatic rings. The summed E-state index contributed by atoms with van der Waals surface area (Å²) in [5.41, 5.74) is 1.99. The third-order valence-electron chi connectivity index (χ3n) is 3.13. The van der Waals surface area contributed by atoms with E-state index in [4.69, 9.17) is 0 Å². The first-order valence-electron chi connectivity index (χ1n) is 5.46. The van der Waals surface area contributed by atoms with Gasteiger partial charge < -0.3 is 10.3 Å². The molecule has 1 aromatic carbocycles. The van der Waals surface area contributed by atoms with Gasteiger partial charge in [-0.15, -0.1) is 0 Å². The van der Waals surface area contributed by atoms with Crippen molar-refractivity contribution in [1.29, 1.82) is 0 Å². The van der Waals surface area contributed by atoms with Gasteiger partial charge in [0.2, 0.25) is 0 Å². The lowest BCUT2D eigenvalue weighted by atomic mass is 10.1. The van der Waals surface area contributed by atoms with Crippen LogP contribution >= 0.6 is 15.9 Å². The minimum atomic E-state index is -0.202. The van der Waals surface area contributed by atoms with Crippen molar-refractivity contribution in [3.63, 3.8) is 0 Å². The average molecular weight is 283 g/mol. The number of hydrogen-bond donors (Lipinski definition) is 2. The zero-order valence-corrected chi connectivity index (χ0v) is 10.3. The number of rotatable bonds is 1. The van der Waals surface area contributed by atoms with Crippen LogP contribution in [0, 0.1) is 5.82 Å². The van der Waals surface area contributed by atoms with E-state index >= 15 is 0 Å². The first-order valence-corrected chi connectivity index (χ1v) is 6.25. The van der Waals surface area contributed by atoms with Gasteiger partial charge >= 0.3 is 0 Å². The first-order chi connectivity index (χ1) is 7.75. The number of fused-ring (bicyclic) bond motifs is 1. The molecule has 0 radical (unpaired) electrons. The maximum Gasteiger partial charge on any atom is 0.125 e. The van der Waals surface area contributed by atoms with Crippen LogP contribution in [0.5, 0.6) is 0 Å². The van der Waals surface area contributed by atoms with Crippen molar-refractivity contribution in [2.75, 3.05) is 6.54 Å². The molecule has 84 valence electrons. The van der Waals surface area contributed by atoms with Gasteiger partial charge in [0.1, 0.15) is 5.82 Å². The van der Waals surface area contributed by atoms with E-state index in [-0.39, 0.29) is 5.82 Å². The van der Waals surface area contributed by atoms with Gasteiger partial charge in [-0.1, -0.05) is 0 Å². The van der Waals surface area contributed by atoms with Crippen LogP contribution in [0.15, 0.2) is 22.7 Å². The minimum absolute atomic E-state index is 0.202. The van der Waals surface area contributed by atoms with Gasteiger partial charge in [-0.05, 0) is 53.5 Å². The van der Waals surface area contributed by atoms with E-state index in [9.17, 15) is 4.39 Å². The summed E-state index contributed by atoms with van der Waals surface area (Å²) >= 11 is 3.59. The Hall–Kier alpha value is -0.870. The van der Waals surface area contributed by atoms with Crippen LogP contribution in [-0.2, 0) is 0 Å². The van der Waals surface area contributed by atoms with Crippen LogP contribution in [0.2, 0.25) is 0 Å². The molecule has 4 heteroatoms. The van der Waals surface area contributed by atoms with Gasteiger partial charge in [-0.25, -0.2) is 4.39 Å². The Morgan fingerprint density at radius 3 is 3.00 bits per heavy atom. The van der Waals surface area contributed by atoms with Gasteiger partial charge in [0.15, 0.2) is 0 Å². The largest absolute Gasteiger partial charge is 0.356 e. The fourth-order valence-electron chi connectivity index (χ4n) is 2.33. The van der Waals surface area contributed by atoms with Gasteiger partial charge in [0.05, 0.1) is 0 Å². The number of hydrogen-bond acceptors (Lipinski definition) is 1. The maximum absolute atomic E-state index is 13.1. The van der Waals surface area contributed by atoms with Gasteiger partial charge in [-0.2, -0.15) is 0 Å². The molecule has 1 aromatic heterocycles. The fourth-order valence-corrected chi connectivity index (χ4v) is 3.05. The number of benzene rings is 1. The molecule has 0 aliphatic carbocycles. The molecule has 0 spiro atoms. The highest BCUT2D eigenvalue weighted by atomic mass is 79.9. The standard InChI is InChI=1S/C12H12BrFN2/c13-11-8-4-3-7(14)6-10(8)16-12(11)9-2-1-5-15-9/h3-4,6,9,15-16H,1-2,5H2. The summed E-state index contributed by atoms with van der Waals surface area (Å²) in [7, 11) is 0. The minimum Gasteiger partial charge on any atom is -0.356 e. The van der Waals surface area contributed by atoms with Crippen molar-refractivity contribution < 1.29 is 4.39 Å². The molecule has 2 N–H and O–H groups in total. The molecule has 1 fully saturated rings. The quantitative estimate of drug-likeness (QED) is 0.823. The molecule has 16 heavy (non-hydrogen) atoms. The van der Waals surface area contributed by atoms with Gasteiger partial charge in [0.25, 0.3) is 0 Å². The second-order valence-corrected chi connectivity index (χ2v) is 4.98. The third-order valence-corrected chi connectivity index (χ3v) is 3.99. The molecule has 2 nitrogen and oxygen atoms in total. The molecule has 1 unspecified atom stereocenters. The van der Waals surface area contributed by atoms with E-state index in [1.807, 2.05) is 6.07 Å². The number of aromatic nitrogens is 1. The Bertz CT molecular complexity index is 529. The van der Waals surface area contributed by atoms with Crippen LogP contribution < -0.4 is 5.32 Å². The average Bonchev–Trinajstić information content (AvgIpc) is 2.86. The SMILES string of the molecule is Fc1ccc2c(Br)c(C3CCCN3)[nH]c2c1. The first kappa shape index (κ1) is 10.3. The van der Waals surface area contributed by atoms with Crippen molar-refractivity contribution in [2.45, 2.75) is 18.9 Å². The van der Waals surface area contributed by atoms with Crippen LogP contribution in [0.3, 0.4) is 0 Å².